The van der Waals surface area contributed by atoms with Gasteiger partial charge in [-0.15, -0.1) is 13.2 Å². The molecular weight excluding hydrogens is 442 g/mol. The van der Waals surface area contributed by atoms with Crippen molar-refractivity contribution in [1.29, 1.82) is 5.26 Å². The first-order valence-corrected chi connectivity index (χ1v) is 8.94. The third kappa shape index (κ3) is 6.91. The van der Waals surface area contributed by atoms with E-state index in [9.17, 15) is 22.7 Å². The number of nitrogens with zero attached hydrogens (tertiary/aromatic N) is 3. The van der Waals surface area contributed by atoms with Crippen LogP contribution >= 0.6 is 0 Å². The zero-order chi connectivity index (χ0) is 23.3. The molecule has 11 heteroatoms. The van der Waals surface area contributed by atoms with Gasteiger partial charge in [0.2, 0.25) is 5.95 Å². The minimum Gasteiger partial charge on any atom is -0.406 e. The number of hydrogen-bond donors (Lipinski definition) is 3. The van der Waals surface area contributed by atoms with Crippen molar-refractivity contribution < 1.29 is 27.4 Å². The quantitative estimate of drug-likeness (QED) is 0.304. The number of alkyl halides is 3. The van der Waals surface area contributed by atoms with E-state index >= 15 is 0 Å². The molecule has 3 rings (SSSR count). The highest BCUT2D eigenvalue weighted by Crippen LogP contribution is 2.28. The monoisotopic (exact) mass is 461 g/mol. The molecular formula is C22H19F4N5O2. The summed E-state index contributed by atoms with van der Waals surface area (Å²) < 4.78 is 55.3. The summed E-state index contributed by atoms with van der Waals surface area (Å²) in [4.78, 5) is 7.76. The molecule has 0 saturated carbocycles. The smallest absolute Gasteiger partial charge is 0.406 e. The van der Waals surface area contributed by atoms with E-state index in [1.54, 1.807) is 24.3 Å². The molecule has 0 bridgehead atoms. The minimum absolute atomic E-state index is 0. The molecule has 1 heterocycles. The van der Waals surface area contributed by atoms with E-state index < -0.39 is 24.0 Å². The Hall–Kier alpha value is -4.17. The first-order chi connectivity index (χ1) is 15.1. The van der Waals surface area contributed by atoms with Gasteiger partial charge in [0, 0.05) is 17.4 Å². The molecule has 1 atom stereocenters. The van der Waals surface area contributed by atoms with Gasteiger partial charge in [-0.2, -0.15) is 10.2 Å². The zero-order valence-electron chi connectivity index (χ0n) is 16.2. The number of ether oxygens (including phenoxy) is 1. The Morgan fingerprint density at radius 3 is 2.45 bits per heavy atom. The van der Waals surface area contributed by atoms with Crippen molar-refractivity contribution in [1.82, 2.24) is 9.97 Å². The summed E-state index contributed by atoms with van der Waals surface area (Å²) in [6, 6.07) is 13.0. The second-order valence-corrected chi connectivity index (χ2v) is 6.38. The predicted molar refractivity (Wildman–Crippen MR) is 115 cm³/mol. The molecule has 0 saturated heterocycles. The van der Waals surface area contributed by atoms with Gasteiger partial charge in [-0.1, -0.05) is 32.2 Å². The van der Waals surface area contributed by atoms with Crippen LogP contribution < -0.4 is 15.4 Å². The number of benzene rings is 2. The van der Waals surface area contributed by atoms with E-state index in [1.165, 1.54) is 18.2 Å². The van der Waals surface area contributed by atoms with Crippen LogP contribution in [0, 0.1) is 17.1 Å². The summed E-state index contributed by atoms with van der Waals surface area (Å²) in [6.07, 6.45) is -5.19. The van der Waals surface area contributed by atoms with Crippen LogP contribution in [-0.2, 0) is 0 Å². The lowest BCUT2D eigenvalue weighted by Gasteiger charge is -2.13. The number of halogens is 4. The fourth-order valence-corrected chi connectivity index (χ4v) is 2.60. The Labute approximate surface area is 187 Å². The van der Waals surface area contributed by atoms with Gasteiger partial charge in [0.15, 0.2) is 11.6 Å². The van der Waals surface area contributed by atoms with E-state index in [0.717, 1.165) is 18.3 Å². The largest absolute Gasteiger partial charge is 0.573 e. The maximum Gasteiger partial charge on any atom is 0.573 e. The summed E-state index contributed by atoms with van der Waals surface area (Å²) in [5, 5.41) is 24.4. The number of hydrogen-bond acceptors (Lipinski definition) is 7. The zero-order valence-corrected chi connectivity index (χ0v) is 16.2. The van der Waals surface area contributed by atoms with Gasteiger partial charge in [0.25, 0.3) is 0 Å². The van der Waals surface area contributed by atoms with Gasteiger partial charge < -0.3 is 20.5 Å². The Morgan fingerprint density at radius 1 is 1.12 bits per heavy atom. The van der Waals surface area contributed by atoms with Crippen LogP contribution in [0.3, 0.4) is 0 Å². The standard InChI is InChI=1S/C21H15F4N5O2.CH4/c1-12(10-26)18(31)13-4-2-5-14(8-13)28-19-17(22)11-27-20(30-19)29-15-6-3-7-16(9-15)32-21(23,24)25;/h2-9,11,18,31H,1H2,(H2,27,28,29,30);1H4. The van der Waals surface area contributed by atoms with Crippen molar-refractivity contribution in [3.8, 4) is 11.8 Å². The second-order valence-electron chi connectivity index (χ2n) is 6.38. The summed E-state index contributed by atoms with van der Waals surface area (Å²) in [6.45, 7) is 3.46. The van der Waals surface area contributed by atoms with Gasteiger partial charge in [-0.3, -0.25) is 0 Å². The Balaban J connectivity index is 0.00000385. The van der Waals surface area contributed by atoms with Crippen molar-refractivity contribution in [2.24, 2.45) is 0 Å². The van der Waals surface area contributed by atoms with Gasteiger partial charge in [0.1, 0.15) is 11.9 Å². The normalized spacial score (nSPS) is 11.5. The van der Waals surface area contributed by atoms with Crippen molar-refractivity contribution in [3.63, 3.8) is 0 Å². The van der Waals surface area contributed by atoms with Crippen LogP contribution in [0.25, 0.3) is 0 Å². The summed E-state index contributed by atoms with van der Waals surface area (Å²) in [5.41, 5.74) is 0.843. The van der Waals surface area contributed by atoms with Gasteiger partial charge in [-0.25, -0.2) is 9.37 Å². The first-order valence-electron chi connectivity index (χ1n) is 8.94. The van der Waals surface area contributed by atoms with E-state index in [2.05, 4.69) is 31.9 Å². The average Bonchev–Trinajstić information content (AvgIpc) is 2.74. The van der Waals surface area contributed by atoms with Crippen molar-refractivity contribution in [2.75, 3.05) is 10.6 Å². The van der Waals surface area contributed by atoms with Gasteiger partial charge >= 0.3 is 6.36 Å². The average molecular weight is 461 g/mol. The van der Waals surface area contributed by atoms with E-state index in [1.807, 2.05) is 0 Å². The lowest BCUT2D eigenvalue weighted by atomic mass is 10.0. The minimum atomic E-state index is -4.84. The van der Waals surface area contributed by atoms with Crippen molar-refractivity contribution in [2.45, 2.75) is 19.9 Å². The summed E-state index contributed by atoms with van der Waals surface area (Å²) in [5.74, 6) is -1.56. The van der Waals surface area contributed by atoms with Gasteiger partial charge in [0.05, 0.1) is 17.8 Å². The number of nitriles is 1. The van der Waals surface area contributed by atoms with E-state index in [0.29, 0.717) is 11.3 Å². The highest BCUT2D eigenvalue weighted by atomic mass is 19.4. The molecule has 2 aromatic carbocycles. The molecule has 0 spiro atoms. The number of nitrogens with one attached hydrogen (secondary N) is 2. The molecule has 1 unspecified atom stereocenters. The number of aliphatic hydroxyl groups is 1. The lowest BCUT2D eigenvalue weighted by molar-refractivity contribution is -0.274. The molecule has 172 valence electrons. The third-order valence-electron chi connectivity index (χ3n) is 4.01. The number of aliphatic hydroxyl groups excluding tert-OH is 1. The fraction of sp³-hybridized carbons (Fsp3) is 0.136. The number of rotatable bonds is 7. The van der Waals surface area contributed by atoms with Crippen LogP contribution in [-0.4, -0.2) is 21.4 Å². The molecule has 0 amide bonds. The SMILES string of the molecule is C.C=C(C#N)C(O)c1cccc(Nc2nc(Nc3cccc(OC(F)(F)F)c3)ncc2F)c1. The third-order valence-corrected chi connectivity index (χ3v) is 4.01. The molecule has 33 heavy (non-hydrogen) atoms. The fourth-order valence-electron chi connectivity index (χ4n) is 2.60. The topological polar surface area (TPSA) is 103 Å². The van der Waals surface area contributed by atoms with Crippen LogP contribution in [0.1, 0.15) is 19.1 Å². The second kappa shape index (κ2) is 10.4. The molecule has 1 aromatic heterocycles. The highest BCUT2D eigenvalue weighted by Gasteiger charge is 2.31. The molecule has 0 radical (unpaired) electrons. The summed E-state index contributed by atoms with van der Waals surface area (Å²) >= 11 is 0. The highest BCUT2D eigenvalue weighted by molar-refractivity contribution is 5.61. The Kier molecular flexibility index (Phi) is 7.93. The molecule has 3 N–H and O–H groups in total. The van der Waals surface area contributed by atoms with Crippen LogP contribution in [0.2, 0.25) is 0 Å². The number of anilines is 4. The maximum atomic E-state index is 14.2. The lowest BCUT2D eigenvalue weighted by Crippen LogP contribution is -2.17. The van der Waals surface area contributed by atoms with Crippen molar-refractivity contribution >= 4 is 23.1 Å². The molecule has 0 aliphatic carbocycles. The van der Waals surface area contributed by atoms with E-state index in [4.69, 9.17) is 5.26 Å². The molecule has 3 aromatic rings. The Bertz CT molecular complexity index is 1180. The summed E-state index contributed by atoms with van der Waals surface area (Å²) in [7, 11) is 0. The first kappa shape index (κ1) is 25.1. The molecule has 0 aliphatic rings. The maximum absolute atomic E-state index is 14.2. The van der Waals surface area contributed by atoms with Crippen LogP contribution in [0.5, 0.6) is 5.75 Å². The van der Waals surface area contributed by atoms with E-state index in [-0.39, 0.29) is 30.5 Å². The Morgan fingerprint density at radius 2 is 1.79 bits per heavy atom. The van der Waals surface area contributed by atoms with Crippen LogP contribution in [0.4, 0.5) is 40.7 Å². The molecule has 0 fully saturated rings. The predicted octanol–water partition coefficient (Wildman–Crippen LogP) is 5.75. The molecule has 0 aliphatic heterocycles. The number of aromatic nitrogens is 2. The van der Waals surface area contributed by atoms with Crippen molar-refractivity contribution in [3.05, 3.63) is 78.3 Å². The molecule has 7 nitrogen and oxygen atoms in total. The van der Waals surface area contributed by atoms with Crippen LogP contribution in [0.15, 0.2) is 66.9 Å². The van der Waals surface area contributed by atoms with Gasteiger partial charge in [-0.05, 0) is 29.8 Å².